The summed E-state index contributed by atoms with van der Waals surface area (Å²) in [7, 11) is 0. The van der Waals surface area contributed by atoms with E-state index in [9.17, 15) is 0 Å². The third kappa shape index (κ3) is 0.729. The molecule has 0 saturated carbocycles. The van der Waals surface area contributed by atoms with Crippen LogP contribution in [0.4, 0.5) is 11.4 Å². The van der Waals surface area contributed by atoms with Gasteiger partial charge in [0.25, 0.3) is 0 Å². The molecule has 0 aromatic heterocycles. The van der Waals surface area contributed by atoms with Crippen molar-refractivity contribution in [2.75, 3.05) is 11.5 Å². The highest BCUT2D eigenvalue weighted by atomic mass is 14.7. The van der Waals surface area contributed by atoms with Crippen molar-refractivity contribution in [3.8, 4) is 0 Å². The minimum atomic E-state index is -0.355. The number of rotatable bonds is 0. The van der Waals surface area contributed by atoms with E-state index >= 15 is 0 Å². The van der Waals surface area contributed by atoms with Gasteiger partial charge in [-0.05, 0) is 12.1 Å². The molecule has 0 heterocycles. The molecule has 0 bridgehead atoms. The largest absolute Gasteiger partial charge is 0.397 e. The standard InChI is InChI=1S/C6H8N2/c7-5-3-1-2-4-6(5)8/h1-4H,7-8H2/i1D,2D,3D,4D. The van der Waals surface area contributed by atoms with Crippen LogP contribution < -0.4 is 11.5 Å². The Kier molecular flexibility index (Phi) is 0.429. The maximum Gasteiger partial charge on any atom is 0.0645 e. The van der Waals surface area contributed by atoms with Crippen LogP contribution in [0.5, 0.6) is 0 Å². The van der Waals surface area contributed by atoms with Gasteiger partial charge in [0.2, 0.25) is 0 Å². The monoisotopic (exact) mass is 112 g/mol. The molecule has 8 heavy (non-hydrogen) atoms. The summed E-state index contributed by atoms with van der Waals surface area (Å²) in [6, 6.07) is -1.28. The Morgan fingerprint density at radius 3 is 1.88 bits per heavy atom. The van der Waals surface area contributed by atoms with Crippen molar-refractivity contribution in [2.24, 2.45) is 0 Å². The molecule has 1 rings (SSSR count). The van der Waals surface area contributed by atoms with Gasteiger partial charge in [-0.15, -0.1) is 0 Å². The lowest BCUT2D eigenvalue weighted by molar-refractivity contribution is 1.67. The van der Waals surface area contributed by atoms with Crippen LogP contribution in [0.1, 0.15) is 5.48 Å². The molecule has 1 aromatic rings. The number of para-hydroxylation sites is 2. The molecule has 0 aliphatic carbocycles. The first-order valence-electron chi connectivity index (χ1n) is 4.08. The minimum absolute atomic E-state index is 0.0963. The van der Waals surface area contributed by atoms with Gasteiger partial charge >= 0.3 is 0 Å². The Labute approximate surface area is 53.7 Å². The van der Waals surface area contributed by atoms with Gasteiger partial charge in [-0.1, -0.05) is 12.1 Å². The summed E-state index contributed by atoms with van der Waals surface area (Å²) in [5.74, 6) is 0. The molecular formula is C6H8N2. The molecular weight excluding hydrogens is 100 g/mol. The number of hydrogen-bond donors (Lipinski definition) is 2. The molecule has 0 aliphatic heterocycles. The quantitative estimate of drug-likeness (QED) is 0.489. The molecule has 0 aliphatic rings. The van der Waals surface area contributed by atoms with Crippen LogP contribution >= 0.6 is 0 Å². The maximum atomic E-state index is 7.23. The highest BCUT2D eigenvalue weighted by molar-refractivity contribution is 5.62. The molecule has 0 saturated heterocycles. The summed E-state index contributed by atoms with van der Waals surface area (Å²) in [5.41, 5.74) is 10.4. The Balaban J connectivity index is 3.60. The molecule has 0 amide bonds. The van der Waals surface area contributed by atoms with Gasteiger partial charge in [-0.2, -0.15) is 0 Å². The van der Waals surface area contributed by atoms with Crippen molar-refractivity contribution in [1.29, 1.82) is 0 Å². The Hall–Kier alpha value is -1.18. The fourth-order valence-corrected chi connectivity index (χ4v) is 0.332. The van der Waals surface area contributed by atoms with Gasteiger partial charge in [-0.3, -0.25) is 0 Å². The molecule has 4 N–H and O–H groups in total. The second-order valence-corrected chi connectivity index (χ2v) is 1.33. The molecule has 0 spiro atoms. The predicted molar refractivity (Wildman–Crippen MR) is 35.3 cm³/mol. The molecule has 0 atom stereocenters. The maximum absolute atomic E-state index is 7.23. The lowest BCUT2D eigenvalue weighted by Crippen LogP contribution is -1.91. The van der Waals surface area contributed by atoms with Crippen LogP contribution in [-0.2, 0) is 0 Å². The number of anilines is 2. The zero-order chi connectivity index (χ0) is 9.46. The second kappa shape index (κ2) is 1.74. The topological polar surface area (TPSA) is 52.0 Å². The summed E-state index contributed by atoms with van der Waals surface area (Å²) in [6.07, 6.45) is 0. The molecule has 0 radical (unpaired) electrons. The molecule has 0 unspecified atom stereocenters. The Morgan fingerprint density at radius 1 is 1.12 bits per heavy atom. The lowest BCUT2D eigenvalue weighted by atomic mass is 10.3. The zero-order valence-corrected chi connectivity index (χ0v) is 4.15. The van der Waals surface area contributed by atoms with Crippen molar-refractivity contribution >= 4 is 11.4 Å². The first-order valence-corrected chi connectivity index (χ1v) is 2.08. The molecule has 2 nitrogen and oxygen atoms in total. The second-order valence-electron chi connectivity index (χ2n) is 1.33. The normalized spacial score (nSPS) is 16.0. The van der Waals surface area contributed by atoms with Crippen LogP contribution in [0.3, 0.4) is 0 Å². The predicted octanol–water partition coefficient (Wildman–Crippen LogP) is 0.851. The summed E-state index contributed by atoms with van der Waals surface area (Å²) in [5, 5.41) is 0. The van der Waals surface area contributed by atoms with E-state index in [4.69, 9.17) is 17.0 Å². The van der Waals surface area contributed by atoms with Crippen molar-refractivity contribution in [3.05, 3.63) is 24.2 Å². The fraction of sp³-hybridized carbons (Fsp3) is 0. The third-order valence-electron chi connectivity index (χ3n) is 0.747. The van der Waals surface area contributed by atoms with Gasteiger partial charge in [-0.25, -0.2) is 0 Å². The summed E-state index contributed by atoms with van der Waals surface area (Å²) >= 11 is 0. The number of hydrogen-bond acceptors (Lipinski definition) is 2. The Morgan fingerprint density at radius 2 is 1.50 bits per heavy atom. The van der Waals surface area contributed by atoms with E-state index in [1.54, 1.807) is 0 Å². The van der Waals surface area contributed by atoms with Crippen molar-refractivity contribution in [2.45, 2.75) is 0 Å². The van der Waals surface area contributed by atoms with Gasteiger partial charge in [0.1, 0.15) is 0 Å². The van der Waals surface area contributed by atoms with Gasteiger partial charge in [0.05, 0.1) is 16.9 Å². The van der Waals surface area contributed by atoms with E-state index < -0.39 is 0 Å². The summed E-state index contributed by atoms with van der Waals surface area (Å²) in [4.78, 5) is 0. The molecule has 2 heteroatoms. The fourth-order valence-electron chi connectivity index (χ4n) is 0.332. The van der Waals surface area contributed by atoms with Crippen molar-refractivity contribution in [1.82, 2.24) is 0 Å². The van der Waals surface area contributed by atoms with Crippen molar-refractivity contribution in [3.63, 3.8) is 0 Å². The van der Waals surface area contributed by atoms with E-state index in [1.807, 2.05) is 0 Å². The number of nitrogens with two attached hydrogens (primary N) is 2. The van der Waals surface area contributed by atoms with Crippen LogP contribution in [-0.4, -0.2) is 0 Å². The van der Waals surface area contributed by atoms with E-state index in [1.165, 1.54) is 0 Å². The van der Waals surface area contributed by atoms with Crippen LogP contribution in [0.25, 0.3) is 0 Å². The van der Waals surface area contributed by atoms with E-state index in [2.05, 4.69) is 0 Å². The van der Waals surface area contributed by atoms with Crippen LogP contribution in [0.15, 0.2) is 24.2 Å². The minimum Gasteiger partial charge on any atom is -0.397 e. The SMILES string of the molecule is [2H]c1c([2H])c([2H])c(N)c(N)c1[2H]. The van der Waals surface area contributed by atoms with Crippen LogP contribution in [0, 0.1) is 0 Å². The van der Waals surface area contributed by atoms with E-state index in [0.717, 1.165) is 0 Å². The smallest absolute Gasteiger partial charge is 0.0645 e. The highest BCUT2D eigenvalue weighted by Gasteiger charge is 1.85. The molecule has 1 aromatic carbocycles. The number of nitrogen functional groups attached to an aromatic ring is 2. The summed E-state index contributed by atoms with van der Waals surface area (Å²) < 4.78 is 28.8. The highest BCUT2D eigenvalue weighted by Crippen LogP contribution is 2.10. The van der Waals surface area contributed by atoms with Gasteiger partial charge in [0.15, 0.2) is 0 Å². The van der Waals surface area contributed by atoms with E-state index in [-0.39, 0.29) is 35.5 Å². The van der Waals surface area contributed by atoms with Crippen LogP contribution in [0.2, 0.25) is 0 Å². The van der Waals surface area contributed by atoms with E-state index in [0.29, 0.717) is 0 Å². The zero-order valence-electron chi connectivity index (χ0n) is 8.15. The van der Waals surface area contributed by atoms with Gasteiger partial charge < -0.3 is 11.5 Å². The lowest BCUT2D eigenvalue weighted by Gasteiger charge is -1.94. The third-order valence-corrected chi connectivity index (χ3v) is 0.747. The summed E-state index contributed by atoms with van der Waals surface area (Å²) in [6.45, 7) is 0. The average Bonchev–Trinajstić information content (AvgIpc) is 2.08. The van der Waals surface area contributed by atoms with Gasteiger partial charge in [0, 0.05) is 0 Å². The van der Waals surface area contributed by atoms with Crippen molar-refractivity contribution < 1.29 is 5.48 Å². The first-order chi connectivity index (χ1) is 5.46. The average molecular weight is 112 g/mol. The molecule has 42 valence electrons. The number of benzene rings is 1. The first kappa shape index (κ1) is 1.97. The molecule has 0 fully saturated rings. The Bertz CT molecular complexity index is 232.